The van der Waals surface area contributed by atoms with Gasteiger partial charge in [0, 0.05) is 0 Å². The lowest BCUT2D eigenvalue weighted by atomic mass is 10.1. The van der Waals surface area contributed by atoms with Crippen LogP contribution < -0.4 is 4.74 Å². The molecule has 0 atom stereocenters. The molecule has 2 nitrogen and oxygen atoms in total. The van der Waals surface area contributed by atoms with Crippen LogP contribution in [0.25, 0.3) is 0 Å². The minimum atomic E-state index is -2.83. The molecule has 0 amide bonds. The van der Waals surface area contributed by atoms with E-state index in [1.807, 2.05) is 0 Å². The quantitative estimate of drug-likeness (QED) is 0.772. The number of alkyl halides is 2. The molecule has 1 aromatic carbocycles. The lowest BCUT2D eigenvalue weighted by Gasteiger charge is -2.10. The van der Waals surface area contributed by atoms with Crippen molar-refractivity contribution in [3.8, 4) is 11.5 Å². The summed E-state index contributed by atoms with van der Waals surface area (Å²) in [4.78, 5) is 0. The van der Waals surface area contributed by atoms with Gasteiger partial charge in [-0.1, -0.05) is 0 Å². The Bertz CT molecular complexity index is 311. The Labute approximate surface area is 74.8 Å². The van der Waals surface area contributed by atoms with Crippen molar-refractivity contribution in [2.24, 2.45) is 0 Å². The van der Waals surface area contributed by atoms with E-state index in [2.05, 4.69) is 4.74 Å². The summed E-state index contributed by atoms with van der Waals surface area (Å²) < 4.78 is 27.9. The van der Waals surface area contributed by atoms with Gasteiger partial charge in [0.25, 0.3) is 0 Å². The van der Waals surface area contributed by atoms with Crippen LogP contribution in [0.1, 0.15) is 11.1 Å². The number of phenols is 1. The molecule has 0 aliphatic heterocycles. The van der Waals surface area contributed by atoms with Gasteiger partial charge < -0.3 is 9.84 Å². The maximum atomic E-state index is 11.8. The molecule has 0 fully saturated rings. The van der Waals surface area contributed by atoms with Gasteiger partial charge >= 0.3 is 6.61 Å². The zero-order chi connectivity index (χ0) is 10.0. The van der Waals surface area contributed by atoms with E-state index in [4.69, 9.17) is 0 Å². The molecule has 0 spiro atoms. The van der Waals surface area contributed by atoms with Crippen molar-refractivity contribution >= 4 is 0 Å². The second-order valence-electron chi connectivity index (χ2n) is 2.71. The van der Waals surface area contributed by atoms with Crippen LogP contribution in [-0.2, 0) is 0 Å². The minimum absolute atomic E-state index is 0.0825. The fourth-order valence-corrected chi connectivity index (χ4v) is 1.01. The van der Waals surface area contributed by atoms with Gasteiger partial charge in [-0.2, -0.15) is 8.78 Å². The first kappa shape index (κ1) is 9.77. The lowest BCUT2D eigenvalue weighted by molar-refractivity contribution is -0.0503. The Kier molecular flexibility index (Phi) is 2.70. The van der Waals surface area contributed by atoms with Gasteiger partial charge in [0.15, 0.2) is 0 Å². The summed E-state index contributed by atoms with van der Waals surface area (Å²) in [5.74, 6) is 0.185. The normalized spacial score (nSPS) is 10.5. The number of rotatable bonds is 2. The molecule has 0 unspecified atom stereocenters. The van der Waals surface area contributed by atoms with Crippen LogP contribution in [0.15, 0.2) is 12.1 Å². The molecule has 1 aromatic rings. The zero-order valence-electron chi connectivity index (χ0n) is 7.34. The third kappa shape index (κ3) is 2.08. The van der Waals surface area contributed by atoms with E-state index in [9.17, 15) is 13.9 Å². The van der Waals surface area contributed by atoms with Crippen molar-refractivity contribution in [2.45, 2.75) is 20.5 Å². The van der Waals surface area contributed by atoms with Crippen molar-refractivity contribution in [1.29, 1.82) is 0 Å². The number of benzene rings is 1. The molecule has 1 rings (SSSR count). The molecule has 0 saturated carbocycles. The Hall–Kier alpha value is -1.32. The van der Waals surface area contributed by atoms with Gasteiger partial charge in [-0.05, 0) is 37.1 Å². The number of halogens is 2. The molecule has 0 saturated heterocycles. The van der Waals surface area contributed by atoms with Crippen LogP contribution in [0.3, 0.4) is 0 Å². The third-order valence-electron chi connectivity index (χ3n) is 1.92. The number of phenolic OH excluding ortho intramolecular Hbond substituents is 1. The van der Waals surface area contributed by atoms with Crippen LogP contribution in [0.5, 0.6) is 11.5 Å². The van der Waals surface area contributed by atoms with Crippen LogP contribution in [0.4, 0.5) is 8.78 Å². The predicted octanol–water partition coefficient (Wildman–Crippen LogP) is 2.61. The molecule has 0 aliphatic rings. The van der Waals surface area contributed by atoms with Crippen molar-refractivity contribution < 1.29 is 18.6 Å². The topological polar surface area (TPSA) is 29.5 Å². The highest BCUT2D eigenvalue weighted by molar-refractivity contribution is 5.46. The highest BCUT2D eigenvalue weighted by Gasteiger charge is 2.10. The lowest BCUT2D eigenvalue weighted by Crippen LogP contribution is -2.03. The molecule has 4 heteroatoms. The smallest absolute Gasteiger partial charge is 0.387 e. The SMILES string of the molecule is Cc1c(O)ccc(OC(F)F)c1C. The third-order valence-corrected chi connectivity index (χ3v) is 1.92. The fraction of sp³-hybridized carbons (Fsp3) is 0.333. The Morgan fingerprint density at radius 2 is 1.85 bits per heavy atom. The minimum Gasteiger partial charge on any atom is -0.508 e. The standard InChI is InChI=1S/C9H10F2O2/c1-5-6(2)8(13-9(10)11)4-3-7(5)12/h3-4,9,12H,1-2H3. The second-order valence-corrected chi connectivity index (χ2v) is 2.71. The van der Waals surface area contributed by atoms with E-state index in [-0.39, 0.29) is 11.5 Å². The van der Waals surface area contributed by atoms with Crippen molar-refractivity contribution in [1.82, 2.24) is 0 Å². The van der Waals surface area contributed by atoms with Crippen LogP contribution in [0.2, 0.25) is 0 Å². The van der Waals surface area contributed by atoms with Crippen molar-refractivity contribution in [2.75, 3.05) is 0 Å². The zero-order valence-corrected chi connectivity index (χ0v) is 7.34. The maximum Gasteiger partial charge on any atom is 0.387 e. The molecule has 13 heavy (non-hydrogen) atoms. The Balaban J connectivity index is 3.04. The number of hydrogen-bond acceptors (Lipinski definition) is 2. The van der Waals surface area contributed by atoms with E-state index < -0.39 is 6.61 Å². The van der Waals surface area contributed by atoms with E-state index in [1.54, 1.807) is 13.8 Å². The van der Waals surface area contributed by atoms with Crippen molar-refractivity contribution in [3.63, 3.8) is 0 Å². The van der Waals surface area contributed by atoms with E-state index in [0.717, 1.165) is 0 Å². The summed E-state index contributed by atoms with van der Waals surface area (Å²) in [5, 5.41) is 9.22. The summed E-state index contributed by atoms with van der Waals surface area (Å²) in [6.45, 7) is 0.429. The first-order chi connectivity index (χ1) is 6.02. The second kappa shape index (κ2) is 3.60. The van der Waals surface area contributed by atoms with Gasteiger partial charge in [-0.3, -0.25) is 0 Å². The van der Waals surface area contributed by atoms with Gasteiger partial charge in [0.05, 0.1) is 0 Å². The van der Waals surface area contributed by atoms with Gasteiger partial charge in [0.1, 0.15) is 11.5 Å². The number of hydrogen-bond donors (Lipinski definition) is 1. The summed E-state index contributed by atoms with van der Waals surface area (Å²) in [5.41, 5.74) is 1.08. The molecule has 0 aromatic heterocycles. The van der Waals surface area contributed by atoms with E-state index in [1.165, 1.54) is 12.1 Å². The maximum absolute atomic E-state index is 11.8. The van der Waals surface area contributed by atoms with Crippen LogP contribution >= 0.6 is 0 Å². The molecule has 0 radical (unpaired) electrons. The van der Waals surface area contributed by atoms with E-state index in [0.29, 0.717) is 11.1 Å². The molecular weight excluding hydrogens is 178 g/mol. The Morgan fingerprint density at radius 3 is 2.38 bits per heavy atom. The molecule has 0 heterocycles. The van der Waals surface area contributed by atoms with E-state index >= 15 is 0 Å². The average molecular weight is 188 g/mol. The van der Waals surface area contributed by atoms with Gasteiger partial charge in [-0.25, -0.2) is 0 Å². The van der Waals surface area contributed by atoms with Gasteiger partial charge in [-0.15, -0.1) is 0 Å². The summed E-state index contributed by atoms with van der Waals surface area (Å²) in [6.07, 6.45) is 0. The molecule has 1 N–H and O–H groups in total. The van der Waals surface area contributed by atoms with Crippen molar-refractivity contribution in [3.05, 3.63) is 23.3 Å². The molecule has 0 bridgehead atoms. The Morgan fingerprint density at radius 1 is 1.23 bits per heavy atom. The highest BCUT2D eigenvalue weighted by Crippen LogP contribution is 2.28. The molecule has 72 valence electrons. The first-order valence-electron chi connectivity index (χ1n) is 3.76. The average Bonchev–Trinajstić information content (AvgIpc) is 2.06. The summed E-state index contributed by atoms with van der Waals surface area (Å²) in [7, 11) is 0. The largest absolute Gasteiger partial charge is 0.508 e. The number of ether oxygens (including phenoxy) is 1. The molecular formula is C9H10F2O2. The molecule has 0 aliphatic carbocycles. The van der Waals surface area contributed by atoms with Gasteiger partial charge in [0.2, 0.25) is 0 Å². The fourth-order valence-electron chi connectivity index (χ4n) is 1.01. The van der Waals surface area contributed by atoms with Crippen LogP contribution in [0, 0.1) is 13.8 Å². The number of aromatic hydroxyl groups is 1. The predicted molar refractivity (Wildman–Crippen MR) is 44.2 cm³/mol. The summed E-state index contributed by atoms with van der Waals surface area (Å²) in [6, 6.07) is 2.66. The summed E-state index contributed by atoms with van der Waals surface area (Å²) >= 11 is 0. The highest BCUT2D eigenvalue weighted by atomic mass is 19.3. The monoisotopic (exact) mass is 188 g/mol. The first-order valence-corrected chi connectivity index (χ1v) is 3.76. The van der Waals surface area contributed by atoms with Crippen LogP contribution in [-0.4, -0.2) is 11.7 Å².